The molecule has 0 radical (unpaired) electrons. The number of hydrogen-bond donors (Lipinski definition) is 1. The molecule has 1 N–H and O–H groups in total. The molecule has 164 valence electrons. The Labute approximate surface area is 187 Å². The lowest BCUT2D eigenvalue weighted by molar-refractivity contribution is -0.118. The fourth-order valence-corrected chi connectivity index (χ4v) is 4.23. The topological polar surface area (TPSA) is 60.0 Å². The largest absolute Gasteiger partial charge is 0.493 e. The van der Waals surface area contributed by atoms with Crippen LogP contribution in [-0.2, 0) is 4.79 Å². The molecule has 0 atom stereocenters. The van der Waals surface area contributed by atoms with Crippen molar-refractivity contribution in [2.45, 2.75) is 25.4 Å². The van der Waals surface area contributed by atoms with E-state index in [4.69, 9.17) is 25.8 Å². The van der Waals surface area contributed by atoms with Crippen LogP contribution in [0.4, 0.5) is 5.69 Å². The lowest BCUT2D eigenvalue weighted by Crippen LogP contribution is -2.49. The van der Waals surface area contributed by atoms with Gasteiger partial charge in [-0.1, -0.05) is 17.7 Å². The number of carbonyl (C=O) groups excluding carboxylic acids is 1. The van der Waals surface area contributed by atoms with E-state index in [1.54, 1.807) is 32.4 Å². The molecule has 0 bridgehead atoms. The number of hydrogen-bond acceptors (Lipinski definition) is 5. The summed E-state index contributed by atoms with van der Waals surface area (Å²) in [4.78, 5) is 14.7. The highest BCUT2D eigenvalue weighted by Gasteiger charge is 2.37. The van der Waals surface area contributed by atoms with Crippen molar-refractivity contribution in [3.05, 3.63) is 52.6 Å². The minimum absolute atomic E-state index is 0.0566. The first kappa shape index (κ1) is 21.5. The number of ether oxygens (including phenoxy) is 3. The number of halogens is 1. The number of amides is 1. The number of piperidine rings is 1. The normalized spacial score (nSPS) is 17.0. The van der Waals surface area contributed by atoms with Crippen LogP contribution in [0.25, 0.3) is 6.08 Å². The van der Waals surface area contributed by atoms with Crippen molar-refractivity contribution in [2.75, 3.05) is 39.2 Å². The van der Waals surface area contributed by atoms with Crippen LogP contribution in [-0.4, -0.2) is 50.3 Å². The molecule has 31 heavy (non-hydrogen) atoms. The van der Waals surface area contributed by atoms with Gasteiger partial charge in [0.25, 0.3) is 0 Å². The first-order valence-electron chi connectivity index (χ1n) is 10.3. The molecule has 4 rings (SSSR count). The summed E-state index contributed by atoms with van der Waals surface area (Å²) in [7, 11) is 3.16. The number of benzene rings is 2. The lowest BCUT2D eigenvalue weighted by atomic mass is 9.88. The molecule has 2 heterocycles. The highest BCUT2D eigenvalue weighted by Crippen LogP contribution is 2.39. The summed E-state index contributed by atoms with van der Waals surface area (Å²) in [6.07, 6.45) is 5.90. The molecule has 2 aromatic rings. The number of likely N-dealkylation sites (tertiary alicyclic amines) is 1. The maximum atomic E-state index is 12.6. The van der Waals surface area contributed by atoms with Gasteiger partial charge in [0.2, 0.25) is 5.91 Å². The van der Waals surface area contributed by atoms with Gasteiger partial charge in [-0.15, -0.1) is 0 Å². The van der Waals surface area contributed by atoms with Crippen molar-refractivity contribution < 1.29 is 19.0 Å². The van der Waals surface area contributed by atoms with E-state index in [2.05, 4.69) is 22.4 Å². The summed E-state index contributed by atoms with van der Waals surface area (Å²) in [5, 5.41) is 3.69. The van der Waals surface area contributed by atoms with E-state index >= 15 is 0 Å². The van der Waals surface area contributed by atoms with Gasteiger partial charge in [0.1, 0.15) is 11.4 Å². The first-order valence-corrected chi connectivity index (χ1v) is 10.7. The number of aryl methyl sites for hydroxylation is 1. The summed E-state index contributed by atoms with van der Waals surface area (Å²) in [5.41, 5.74) is 2.39. The molecule has 2 aliphatic rings. The standard InChI is InChI=1S/C24H27ClN2O4/c1-16-12-21-17(13-19(16)25)6-7-24(31-21)8-10-27(11-9-24)15-23(28)26-18-4-5-20(29-2)22(14-18)30-3/h4-7,12-14H,8-11,15H2,1-3H3,(H,26,28). The van der Waals surface area contributed by atoms with Gasteiger partial charge in [-0.05, 0) is 42.8 Å². The minimum atomic E-state index is -0.316. The fraction of sp³-hybridized carbons (Fsp3) is 0.375. The molecule has 6 nitrogen and oxygen atoms in total. The van der Waals surface area contributed by atoms with Gasteiger partial charge in [0, 0.05) is 48.3 Å². The minimum Gasteiger partial charge on any atom is -0.493 e. The number of carbonyl (C=O) groups is 1. The van der Waals surface area contributed by atoms with Crippen LogP contribution in [0.2, 0.25) is 5.02 Å². The van der Waals surface area contributed by atoms with E-state index in [0.29, 0.717) is 23.7 Å². The lowest BCUT2D eigenvalue weighted by Gasteiger charge is -2.41. The Hall–Kier alpha value is -2.70. The zero-order valence-corrected chi connectivity index (χ0v) is 18.8. The van der Waals surface area contributed by atoms with Gasteiger partial charge in [-0.3, -0.25) is 9.69 Å². The smallest absolute Gasteiger partial charge is 0.238 e. The van der Waals surface area contributed by atoms with E-state index in [-0.39, 0.29) is 11.5 Å². The van der Waals surface area contributed by atoms with Crippen molar-refractivity contribution in [2.24, 2.45) is 0 Å². The zero-order valence-electron chi connectivity index (χ0n) is 18.0. The van der Waals surface area contributed by atoms with Gasteiger partial charge >= 0.3 is 0 Å². The Kier molecular flexibility index (Phi) is 6.12. The van der Waals surface area contributed by atoms with Crippen LogP contribution in [0.1, 0.15) is 24.0 Å². The molecule has 2 aliphatic heterocycles. The van der Waals surface area contributed by atoms with Crippen molar-refractivity contribution in [3.8, 4) is 17.2 Å². The predicted molar refractivity (Wildman–Crippen MR) is 122 cm³/mol. The second-order valence-corrected chi connectivity index (χ2v) is 8.44. The summed E-state index contributed by atoms with van der Waals surface area (Å²) < 4.78 is 16.9. The molecule has 0 aliphatic carbocycles. The SMILES string of the molecule is COc1ccc(NC(=O)CN2CCC3(C=Cc4cc(Cl)c(C)cc4O3)CC2)cc1OC. The highest BCUT2D eigenvalue weighted by atomic mass is 35.5. The zero-order chi connectivity index (χ0) is 22.0. The summed E-state index contributed by atoms with van der Waals surface area (Å²) in [5.74, 6) is 2.03. The monoisotopic (exact) mass is 442 g/mol. The van der Waals surface area contributed by atoms with Gasteiger partial charge in [0.15, 0.2) is 11.5 Å². The van der Waals surface area contributed by atoms with E-state index in [1.807, 2.05) is 19.1 Å². The molecule has 7 heteroatoms. The third-order valence-electron chi connectivity index (χ3n) is 5.91. The molecular formula is C24H27ClN2O4. The second kappa shape index (κ2) is 8.81. The van der Waals surface area contributed by atoms with Crippen LogP contribution >= 0.6 is 11.6 Å². The van der Waals surface area contributed by atoms with Gasteiger partial charge < -0.3 is 19.5 Å². The van der Waals surface area contributed by atoms with E-state index in [1.165, 1.54) is 0 Å². The highest BCUT2D eigenvalue weighted by molar-refractivity contribution is 6.31. The van der Waals surface area contributed by atoms with Crippen molar-refractivity contribution in [3.63, 3.8) is 0 Å². The molecule has 0 aromatic heterocycles. The van der Waals surface area contributed by atoms with Crippen molar-refractivity contribution in [1.82, 2.24) is 4.90 Å². The third-order valence-corrected chi connectivity index (χ3v) is 6.32. The molecule has 1 amide bonds. The second-order valence-electron chi connectivity index (χ2n) is 8.03. The number of nitrogens with one attached hydrogen (secondary N) is 1. The number of methoxy groups -OCH3 is 2. The summed E-state index contributed by atoms with van der Waals surface area (Å²) >= 11 is 6.23. The van der Waals surface area contributed by atoms with Crippen LogP contribution in [0, 0.1) is 6.92 Å². The number of nitrogens with zero attached hydrogens (tertiary/aromatic N) is 1. The molecule has 0 saturated carbocycles. The fourth-order valence-electron chi connectivity index (χ4n) is 4.06. The van der Waals surface area contributed by atoms with Gasteiger partial charge in [-0.25, -0.2) is 0 Å². The average Bonchev–Trinajstić information content (AvgIpc) is 2.76. The molecule has 1 fully saturated rings. The Balaban J connectivity index is 1.33. The Bertz CT molecular complexity index is 1010. The molecule has 1 spiro atoms. The molecular weight excluding hydrogens is 416 g/mol. The summed E-state index contributed by atoms with van der Waals surface area (Å²) in [6.45, 7) is 3.88. The molecule has 2 aromatic carbocycles. The van der Waals surface area contributed by atoms with E-state index < -0.39 is 0 Å². The quantitative estimate of drug-likeness (QED) is 0.736. The van der Waals surface area contributed by atoms with Crippen LogP contribution < -0.4 is 19.5 Å². The van der Waals surface area contributed by atoms with Crippen molar-refractivity contribution >= 4 is 29.3 Å². The molecule has 1 saturated heterocycles. The van der Waals surface area contributed by atoms with Crippen LogP contribution in [0.15, 0.2) is 36.4 Å². The average molecular weight is 443 g/mol. The van der Waals surface area contributed by atoms with E-state index in [9.17, 15) is 4.79 Å². The molecule has 0 unspecified atom stereocenters. The maximum absolute atomic E-state index is 12.6. The van der Waals surface area contributed by atoms with Crippen LogP contribution in [0.3, 0.4) is 0 Å². The number of rotatable bonds is 5. The summed E-state index contributed by atoms with van der Waals surface area (Å²) in [6, 6.07) is 9.29. The Morgan fingerprint density at radius 3 is 2.61 bits per heavy atom. The maximum Gasteiger partial charge on any atom is 0.238 e. The Morgan fingerprint density at radius 1 is 1.16 bits per heavy atom. The van der Waals surface area contributed by atoms with Crippen LogP contribution in [0.5, 0.6) is 17.2 Å². The predicted octanol–water partition coefficient (Wildman–Crippen LogP) is 4.54. The van der Waals surface area contributed by atoms with Gasteiger partial charge in [0.05, 0.1) is 20.8 Å². The van der Waals surface area contributed by atoms with Crippen molar-refractivity contribution in [1.29, 1.82) is 0 Å². The third kappa shape index (κ3) is 4.65. The van der Waals surface area contributed by atoms with Gasteiger partial charge in [-0.2, -0.15) is 0 Å². The number of anilines is 1. The van der Waals surface area contributed by atoms with E-state index in [0.717, 1.165) is 47.8 Å². The number of fused-ring (bicyclic) bond motifs is 1. The first-order chi connectivity index (χ1) is 14.9. The Morgan fingerprint density at radius 2 is 1.90 bits per heavy atom.